The van der Waals surface area contributed by atoms with Crippen molar-refractivity contribution in [1.29, 1.82) is 0 Å². The number of carboxylic acid groups (broad SMARTS) is 1. The van der Waals surface area contributed by atoms with Crippen molar-refractivity contribution >= 4 is 33.5 Å². The first-order valence-corrected chi connectivity index (χ1v) is 6.91. The number of carbonyl (C=O) groups excluding carboxylic acids is 1. The molecule has 0 saturated carbocycles. The molecular formula is C10H14N4O5S. The van der Waals surface area contributed by atoms with Crippen molar-refractivity contribution < 1.29 is 23.1 Å². The van der Waals surface area contributed by atoms with E-state index in [2.05, 4.69) is 5.32 Å². The van der Waals surface area contributed by atoms with Gasteiger partial charge in [-0.1, -0.05) is 6.07 Å². The minimum Gasteiger partial charge on any atom is -0.481 e. The molecule has 20 heavy (non-hydrogen) atoms. The Bertz CT molecular complexity index is 616. The summed E-state index contributed by atoms with van der Waals surface area (Å²) in [6, 6.07) is 4.50. The van der Waals surface area contributed by atoms with Gasteiger partial charge in [-0.2, -0.15) is 8.42 Å². The number of carboxylic acids is 1. The average Bonchev–Trinajstić information content (AvgIpc) is 2.25. The third-order valence-corrected chi connectivity index (χ3v) is 2.64. The molecule has 0 aliphatic rings. The summed E-state index contributed by atoms with van der Waals surface area (Å²) in [6.45, 7) is 0. The van der Waals surface area contributed by atoms with Crippen molar-refractivity contribution in [3.8, 4) is 0 Å². The van der Waals surface area contributed by atoms with Crippen LogP contribution in [-0.4, -0.2) is 31.4 Å². The molecule has 0 aromatic heterocycles. The number of hydrogen-bond donors (Lipinski definition) is 5. The number of nitrogens with two attached hydrogens (primary N) is 2. The second-order valence-electron chi connectivity index (χ2n) is 3.92. The normalized spacial score (nSPS) is 12.5. The highest BCUT2D eigenvalue weighted by molar-refractivity contribution is 7.90. The molecule has 110 valence electrons. The third kappa shape index (κ3) is 5.65. The maximum Gasteiger partial charge on any atom is 0.305 e. The Balaban J connectivity index is 2.76. The summed E-state index contributed by atoms with van der Waals surface area (Å²) in [6.07, 6.45) is -0.513. The van der Waals surface area contributed by atoms with Gasteiger partial charge in [0.2, 0.25) is 5.91 Å². The van der Waals surface area contributed by atoms with Crippen molar-refractivity contribution in [3.63, 3.8) is 0 Å². The second kappa shape index (κ2) is 6.32. The van der Waals surface area contributed by atoms with Gasteiger partial charge in [0.1, 0.15) is 0 Å². The van der Waals surface area contributed by atoms with Crippen LogP contribution in [0.3, 0.4) is 0 Å². The van der Waals surface area contributed by atoms with E-state index in [0.717, 1.165) is 0 Å². The lowest BCUT2D eigenvalue weighted by Gasteiger charge is -2.11. The van der Waals surface area contributed by atoms with Crippen molar-refractivity contribution in [2.75, 3.05) is 10.0 Å². The van der Waals surface area contributed by atoms with Gasteiger partial charge < -0.3 is 16.2 Å². The van der Waals surface area contributed by atoms with Gasteiger partial charge in [-0.3, -0.25) is 14.3 Å². The molecule has 0 spiro atoms. The first-order chi connectivity index (χ1) is 9.17. The fourth-order valence-corrected chi connectivity index (χ4v) is 1.80. The van der Waals surface area contributed by atoms with E-state index in [1.54, 1.807) is 0 Å². The summed E-state index contributed by atoms with van der Waals surface area (Å²) >= 11 is 0. The first kappa shape index (κ1) is 15.9. The lowest BCUT2D eigenvalue weighted by Crippen LogP contribution is -2.37. The van der Waals surface area contributed by atoms with Crippen LogP contribution >= 0.6 is 0 Å². The van der Waals surface area contributed by atoms with E-state index >= 15 is 0 Å². The minimum absolute atomic E-state index is 0.150. The SMILES string of the molecule is NC(CC(=O)O)C(=O)Nc1cccc(NS(N)(=O)=O)c1. The summed E-state index contributed by atoms with van der Waals surface area (Å²) in [5.41, 5.74) is 5.79. The topological polar surface area (TPSA) is 165 Å². The molecule has 0 radical (unpaired) electrons. The predicted octanol–water partition coefficient (Wildman–Crippen LogP) is -0.957. The molecule has 1 aromatic rings. The molecule has 0 saturated heterocycles. The van der Waals surface area contributed by atoms with Crippen LogP contribution in [0.15, 0.2) is 24.3 Å². The van der Waals surface area contributed by atoms with Crippen LogP contribution in [0.25, 0.3) is 0 Å². The number of carbonyl (C=O) groups is 2. The Labute approximate surface area is 115 Å². The zero-order valence-corrected chi connectivity index (χ0v) is 11.1. The second-order valence-corrected chi connectivity index (χ2v) is 5.22. The number of rotatable bonds is 6. The number of aliphatic carboxylic acids is 1. The molecule has 0 heterocycles. The highest BCUT2D eigenvalue weighted by Crippen LogP contribution is 2.15. The molecule has 1 rings (SSSR count). The van der Waals surface area contributed by atoms with Crippen LogP contribution in [0.4, 0.5) is 11.4 Å². The highest BCUT2D eigenvalue weighted by Gasteiger charge is 2.17. The molecule has 1 aromatic carbocycles. The van der Waals surface area contributed by atoms with E-state index < -0.39 is 34.5 Å². The largest absolute Gasteiger partial charge is 0.481 e. The zero-order chi connectivity index (χ0) is 15.3. The van der Waals surface area contributed by atoms with Crippen LogP contribution in [0.5, 0.6) is 0 Å². The monoisotopic (exact) mass is 302 g/mol. The molecule has 0 aliphatic heterocycles. The third-order valence-electron chi connectivity index (χ3n) is 2.12. The molecule has 10 heteroatoms. The van der Waals surface area contributed by atoms with Gasteiger partial charge in [0.05, 0.1) is 18.2 Å². The Morgan fingerprint density at radius 2 is 1.90 bits per heavy atom. The van der Waals surface area contributed by atoms with Gasteiger partial charge in [0.15, 0.2) is 0 Å². The van der Waals surface area contributed by atoms with E-state index in [1.807, 2.05) is 4.72 Å². The van der Waals surface area contributed by atoms with Gasteiger partial charge in [0, 0.05) is 5.69 Å². The molecule has 1 amide bonds. The maximum absolute atomic E-state index is 11.6. The minimum atomic E-state index is -3.92. The van der Waals surface area contributed by atoms with E-state index in [1.165, 1.54) is 24.3 Å². The van der Waals surface area contributed by atoms with Crippen LogP contribution in [0.2, 0.25) is 0 Å². The quantitative estimate of drug-likeness (QED) is 0.454. The molecule has 9 nitrogen and oxygen atoms in total. The summed E-state index contributed by atoms with van der Waals surface area (Å²) in [4.78, 5) is 22.0. The fourth-order valence-electron chi connectivity index (χ4n) is 1.34. The smallest absolute Gasteiger partial charge is 0.305 e. The molecule has 1 unspecified atom stereocenters. The molecule has 1 atom stereocenters. The van der Waals surface area contributed by atoms with Gasteiger partial charge in [-0.05, 0) is 18.2 Å². The Morgan fingerprint density at radius 3 is 2.45 bits per heavy atom. The van der Waals surface area contributed by atoms with Crippen molar-refractivity contribution in [1.82, 2.24) is 0 Å². The van der Waals surface area contributed by atoms with Crippen molar-refractivity contribution in [2.24, 2.45) is 10.9 Å². The number of benzene rings is 1. The number of nitrogens with one attached hydrogen (secondary N) is 2. The average molecular weight is 302 g/mol. The van der Waals surface area contributed by atoms with Gasteiger partial charge in [-0.15, -0.1) is 0 Å². The van der Waals surface area contributed by atoms with E-state index in [0.29, 0.717) is 0 Å². The van der Waals surface area contributed by atoms with Gasteiger partial charge in [0.25, 0.3) is 10.2 Å². The Kier molecular flexibility index (Phi) is 5.02. The van der Waals surface area contributed by atoms with Gasteiger partial charge >= 0.3 is 5.97 Å². The Morgan fingerprint density at radius 1 is 1.30 bits per heavy atom. The van der Waals surface area contributed by atoms with Crippen LogP contribution in [0.1, 0.15) is 6.42 Å². The van der Waals surface area contributed by atoms with E-state index in [4.69, 9.17) is 16.0 Å². The molecule has 7 N–H and O–H groups in total. The molecule has 0 aliphatic carbocycles. The Hall–Kier alpha value is -2.17. The van der Waals surface area contributed by atoms with E-state index in [9.17, 15) is 18.0 Å². The van der Waals surface area contributed by atoms with Crippen molar-refractivity contribution in [3.05, 3.63) is 24.3 Å². The maximum atomic E-state index is 11.6. The van der Waals surface area contributed by atoms with Crippen LogP contribution in [-0.2, 0) is 19.8 Å². The van der Waals surface area contributed by atoms with Crippen LogP contribution < -0.4 is 20.9 Å². The summed E-state index contributed by atoms with van der Waals surface area (Å²) in [5, 5.41) is 15.7. The summed E-state index contributed by atoms with van der Waals surface area (Å²) in [7, 11) is -3.92. The van der Waals surface area contributed by atoms with Gasteiger partial charge in [-0.25, -0.2) is 5.14 Å². The summed E-state index contributed by atoms with van der Waals surface area (Å²) in [5.74, 6) is -1.89. The highest BCUT2D eigenvalue weighted by atomic mass is 32.2. The zero-order valence-electron chi connectivity index (χ0n) is 10.2. The molecule has 0 bridgehead atoms. The standard InChI is InChI=1S/C10H14N4O5S/c11-8(5-9(15)16)10(17)13-6-2-1-3-7(4-6)14-20(12,18)19/h1-4,8,14H,5,11H2,(H,13,17)(H,15,16)(H2,12,18,19). The fraction of sp³-hybridized carbons (Fsp3) is 0.200. The summed E-state index contributed by atoms with van der Waals surface area (Å²) < 4.78 is 23.7. The van der Waals surface area contributed by atoms with Crippen LogP contribution in [0, 0.1) is 0 Å². The molecular weight excluding hydrogens is 288 g/mol. The number of hydrogen-bond acceptors (Lipinski definition) is 5. The molecule has 0 fully saturated rings. The van der Waals surface area contributed by atoms with E-state index in [-0.39, 0.29) is 11.4 Å². The lowest BCUT2D eigenvalue weighted by atomic mass is 10.2. The predicted molar refractivity (Wildman–Crippen MR) is 72.0 cm³/mol. The lowest BCUT2D eigenvalue weighted by molar-refractivity contribution is -0.138. The number of amides is 1. The number of anilines is 2. The van der Waals surface area contributed by atoms with Crippen molar-refractivity contribution in [2.45, 2.75) is 12.5 Å². The first-order valence-electron chi connectivity index (χ1n) is 5.36.